The summed E-state index contributed by atoms with van der Waals surface area (Å²) in [5.74, 6) is 0.355. The van der Waals surface area contributed by atoms with E-state index >= 15 is 0 Å². The van der Waals surface area contributed by atoms with Crippen molar-refractivity contribution in [2.45, 2.75) is 18.6 Å². The summed E-state index contributed by atoms with van der Waals surface area (Å²) in [4.78, 5) is 28.4. The Bertz CT molecular complexity index is 743. The fraction of sp³-hybridized carbons (Fsp3) is 0.267. The minimum atomic E-state index is -0.295. The SMILES string of the molecule is COc1cccc(NC(=O)Cn2c(SC)nc(C)cc2=O)c1. The largest absolute Gasteiger partial charge is 0.497 e. The zero-order valence-corrected chi connectivity index (χ0v) is 13.4. The third-order valence-electron chi connectivity index (χ3n) is 2.94. The molecule has 2 rings (SSSR count). The van der Waals surface area contributed by atoms with Crippen LogP contribution in [0.4, 0.5) is 5.69 Å². The lowest BCUT2D eigenvalue weighted by Crippen LogP contribution is -2.29. The van der Waals surface area contributed by atoms with Gasteiger partial charge in [-0.25, -0.2) is 4.98 Å². The number of benzene rings is 1. The first kappa shape index (κ1) is 16.1. The molecule has 0 spiro atoms. The summed E-state index contributed by atoms with van der Waals surface area (Å²) in [5, 5.41) is 3.26. The van der Waals surface area contributed by atoms with Gasteiger partial charge in [0.25, 0.3) is 5.56 Å². The second kappa shape index (κ2) is 7.13. The van der Waals surface area contributed by atoms with Gasteiger partial charge in [0.1, 0.15) is 12.3 Å². The van der Waals surface area contributed by atoms with Crippen molar-refractivity contribution in [2.24, 2.45) is 0 Å². The van der Waals surface area contributed by atoms with Gasteiger partial charge in [-0.3, -0.25) is 14.2 Å². The maximum atomic E-state index is 12.1. The molecule has 0 aliphatic rings. The Kier molecular flexibility index (Phi) is 5.21. The predicted molar refractivity (Wildman–Crippen MR) is 86.6 cm³/mol. The van der Waals surface area contributed by atoms with E-state index in [0.29, 0.717) is 22.3 Å². The van der Waals surface area contributed by atoms with Gasteiger partial charge in [-0.15, -0.1) is 0 Å². The van der Waals surface area contributed by atoms with E-state index in [2.05, 4.69) is 10.3 Å². The van der Waals surface area contributed by atoms with Crippen LogP contribution in [0.1, 0.15) is 5.69 Å². The van der Waals surface area contributed by atoms with Crippen LogP contribution < -0.4 is 15.6 Å². The number of methoxy groups -OCH3 is 1. The van der Waals surface area contributed by atoms with Gasteiger partial charge >= 0.3 is 0 Å². The Labute approximate surface area is 132 Å². The fourth-order valence-electron chi connectivity index (χ4n) is 1.94. The number of thioether (sulfide) groups is 1. The molecule has 1 amide bonds. The quantitative estimate of drug-likeness (QED) is 0.673. The van der Waals surface area contributed by atoms with E-state index in [4.69, 9.17) is 4.74 Å². The molecule has 6 nitrogen and oxygen atoms in total. The molecule has 0 fully saturated rings. The van der Waals surface area contributed by atoms with Crippen LogP contribution in [0.3, 0.4) is 0 Å². The van der Waals surface area contributed by atoms with Gasteiger partial charge in [0.15, 0.2) is 5.16 Å². The topological polar surface area (TPSA) is 73.2 Å². The minimum absolute atomic E-state index is 0.0838. The molecule has 1 heterocycles. The second-order valence-electron chi connectivity index (χ2n) is 4.59. The molecule has 116 valence electrons. The molecular formula is C15H17N3O3S. The number of carbonyl (C=O) groups is 1. The molecule has 0 atom stereocenters. The molecule has 22 heavy (non-hydrogen) atoms. The zero-order chi connectivity index (χ0) is 16.1. The number of hydrogen-bond acceptors (Lipinski definition) is 5. The van der Waals surface area contributed by atoms with Crippen LogP contribution in [0.15, 0.2) is 40.3 Å². The van der Waals surface area contributed by atoms with E-state index in [1.807, 2.05) is 6.26 Å². The van der Waals surface area contributed by atoms with Crippen molar-refractivity contribution in [3.63, 3.8) is 0 Å². The third kappa shape index (κ3) is 3.88. The van der Waals surface area contributed by atoms with Gasteiger partial charge in [-0.05, 0) is 25.3 Å². The fourth-order valence-corrected chi connectivity index (χ4v) is 2.55. The van der Waals surface area contributed by atoms with Crippen molar-refractivity contribution >= 4 is 23.4 Å². The number of aryl methyl sites for hydroxylation is 1. The Morgan fingerprint density at radius 2 is 2.18 bits per heavy atom. The molecule has 0 bridgehead atoms. The van der Waals surface area contributed by atoms with Gasteiger partial charge in [0.2, 0.25) is 5.91 Å². The van der Waals surface area contributed by atoms with E-state index in [0.717, 1.165) is 0 Å². The maximum absolute atomic E-state index is 12.1. The van der Waals surface area contributed by atoms with Crippen molar-refractivity contribution in [3.8, 4) is 5.75 Å². The number of aromatic nitrogens is 2. The molecular weight excluding hydrogens is 302 g/mol. The van der Waals surface area contributed by atoms with Crippen molar-refractivity contribution in [1.82, 2.24) is 9.55 Å². The highest BCUT2D eigenvalue weighted by Gasteiger charge is 2.11. The van der Waals surface area contributed by atoms with Crippen LogP contribution in [0.25, 0.3) is 0 Å². The van der Waals surface area contributed by atoms with E-state index in [9.17, 15) is 9.59 Å². The highest BCUT2D eigenvalue weighted by atomic mass is 32.2. The van der Waals surface area contributed by atoms with Crippen LogP contribution in [0.5, 0.6) is 5.75 Å². The number of ether oxygens (including phenoxy) is 1. The molecule has 0 aliphatic carbocycles. The van der Waals surface area contributed by atoms with Crippen LogP contribution in [-0.4, -0.2) is 28.8 Å². The van der Waals surface area contributed by atoms with Crippen LogP contribution in [-0.2, 0) is 11.3 Å². The first-order valence-corrected chi connectivity index (χ1v) is 7.82. The highest BCUT2D eigenvalue weighted by Crippen LogP contribution is 2.17. The van der Waals surface area contributed by atoms with Crippen LogP contribution in [0, 0.1) is 6.92 Å². The number of amides is 1. The molecule has 2 aromatic rings. The monoisotopic (exact) mass is 319 g/mol. The average molecular weight is 319 g/mol. The molecule has 0 saturated heterocycles. The van der Waals surface area contributed by atoms with E-state index in [1.165, 1.54) is 22.4 Å². The first-order valence-electron chi connectivity index (χ1n) is 6.60. The summed E-state index contributed by atoms with van der Waals surface area (Å²) in [6.45, 7) is 1.67. The molecule has 1 aromatic carbocycles. The van der Waals surface area contributed by atoms with Gasteiger partial charge in [-0.1, -0.05) is 17.8 Å². The smallest absolute Gasteiger partial charge is 0.254 e. The van der Waals surface area contributed by atoms with Gasteiger partial charge < -0.3 is 10.1 Å². The van der Waals surface area contributed by atoms with E-state index in [1.54, 1.807) is 38.3 Å². The lowest BCUT2D eigenvalue weighted by atomic mass is 10.3. The summed E-state index contributed by atoms with van der Waals surface area (Å²) < 4.78 is 6.46. The van der Waals surface area contributed by atoms with Crippen LogP contribution >= 0.6 is 11.8 Å². The lowest BCUT2D eigenvalue weighted by Gasteiger charge is -2.11. The van der Waals surface area contributed by atoms with E-state index < -0.39 is 0 Å². The standard InChI is InChI=1S/C15H17N3O3S/c1-10-7-14(20)18(15(16-10)22-3)9-13(19)17-11-5-4-6-12(8-11)21-2/h4-8H,9H2,1-3H3,(H,17,19). The number of hydrogen-bond donors (Lipinski definition) is 1. The first-order chi connectivity index (χ1) is 10.5. The Morgan fingerprint density at radius 1 is 1.41 bits per heavy atom. The Hall–Kier alpha value is -2.28. The van der Waals surface area contributed by atoms with Gasteiger partial charge in [0.05, 0.1) is 7.11 Å². The molecule has 0 aliphatic heterocycles. The number of carbonyl (C=O) groups excluding carboxylic acids is 1. The van der Waals surface area contributed by atoms with Crippen molar-refractivity contribution in [3.05, 3.63) is 46.4 Å². The number of anilines is 1. The molecule has 0 unspecified atom stereocenters. The summed E-state index contributed by atoms with van der Waals surface area (Å²) in [7, 11) is 1.56. The van der Waals surface area contributed by atoms with Crippen molar-refractivity contribution < 1.29 is 9.53 Å². The zero-order valence-electron chi connectivity index (χ0n) is 12.6. The number of nitrogens with one attached hydrogen (secondary N) is 1. The third-order valence-corrected chi connectivity index (χ3v) is 3.62. The summed E-state index contributed by atoms with van der Waals surface area (Å²) in [5.41, 5.74) is 1.01. The molecule has 1 N–H and O–H groups in total. The maximum Gasteiger partial charge on any atom is 0.254 e. The highest BCUT2D eigenvalue weighted by molar-refractivity contribution is 7.98. The summed E-state index contributed by atoms with van der Waals surface area (Å²) >= 11 is 1.33. The lowest BCUT2D eigenvalue weighted by molar-refractivity contribution is -0.116. The summed E-state index contributed by atoms with van der Waals surface area (Å²) in [6, 6.07) is 8.45. The number of rotatable bonds is 5. The normalized spacial score (nSPS) is 10.3. The predicted octanol–water partition coefficient (Wildman–Crippen LogP) is 1.92. The van der Waals surface area contributed by atoms with Crippen molar-refractivity contribution in [1.29, 1.82) is 0 Å². The Morgan fingerprint density at radius 3 is 2.86 bits per heavy atom. The van der Waals surface area contributed by atoms with Crippen LogP contribution in [0.2, 0.25) is 0 Å². The number of nitrogens with zero attached hydrogens (tertiary/aromatic N) is 2. The Balaban J connectivity index is 2.17. The molecule has 0 radical (unpaired) electrons. The molecule has 7 heteroatoms. The minimum Gasteiger partial charge on any atom is -0.497 e. The molecule has 0 saturated carbocycles. The average Bonchev–Trinajstić information content (AvgIpc) is 2.49. The summed E-state index contributed by atoms with van der Waals surface area (Å²) in [6.07, 6.45) is 1.82. The van der Waals surface area contributed by atoms with Gasteiger partial charge in [0, 0.05) is 23.5 Å². The second-order valence-corrected chi connectivity index (χ2v) is 5.36. The van der Waals surface area contributed by atoms with Gasteiger partial charge in [-0.2, -0.15) is 0 Å². The van der Waals surface area contributed by atoms with Crippen molar-refractivity contribution in [2.75, 3.05) is 18.7 Å². The molecule has 1 aromatic heterocycles. The van der Waals surface area contributed by atoms with E-state index in [-0.39, 0.29) is 18.0 Å².